The zero-order chi connectivity index (χ0) is 20.6. The average molecular weight is 404 g/mol. The average Bonchev–Trinajstić information content (AvgIpc) is 2.68. The molecule has 1 N–H and O–H groups in total. The summed E-state index contributed by atoms with van der Waals surface area (Å²) in [7, 11) is -3.93. The Hall–Kier alpha value is -3.31. The van der Waals surface area contributed by atoms with Gasteiger partial charge in [0, 0.05) is 10.9 Å². The van der Waals surface area contributed by atoms with Gasteiger partial charge in [0.05, 0.1) is 0 Å². The molecule has 29 heavy (non-hydrogen) atoms. The maximum absolute atomic E-state index is 12.6. The van der Waals surface area contributed by atoms with Crippen LogP contribution in [0.1, 0.15) is 11.1 Å². The number of benzene rings is 4. The van der Waals surface area contributed by atoms with Crippen molar-refractivity contribution >= 4 is 20.9 Å². The van der Waals surface area contributed by atoms with E-state index < -0.39 is 10.1 Å². The second kappa shape index (κ2) is 7.26. The Labute approximate surface area is 170 Å². The Balaban J connectivity index is 1.75. The molecule has 0 amide bonds. The molecule has 0 atom stereocenters. The molecule has 4 rings (SSSR count). The highest BCUT2D eigenvalue weighted by molar-refractivity contribution is 7.87. The van der Waals surface area contributed by atoms with Crippen molar-refractivity contribution in [2.24, 2.45) is 0 Å². The highest BCUT2D eigenvalue weighted by Crippen LogP contribution is 2.40. The van der Waals surface area contributed by atoms with Gasteiger partial charge in [0.1, 0.15) is 16.4 Å². The quantitative estimate of drug-likeness (QED) is 0.450. The van der Waals surface area contributed by atoms with Gasteiger partial charge in [-0.3, -0.25) is 0 Å². The maximum atomic E-state index is 12.6. The summed E-state index contributed by atoms with van der Waals surface area (Å²) in [6.45, 7) is 3.80. The van der Waals surface area contributed by atoms with Gasteiger partial charge in [0.2, 0.25) is 0 Å². The van der Waals surface area contributed by atoms with Crippen LogP contribution in [0.2, 0.25) is 0 Å². The van der Waals surface area contributed by atoms with Gasteiger partial charge in [-0.25, -0.2) is 0 Å². The monoisotopic (exact) mass is 404 g/mol. The third kappa shape index (κ3) is 3.69. The largest absolute Gasteiger partial charge is 0.507 e. The molecule has 4 nitrogen and oxygen atoms in total. The predicted octanol–water partition coefficient (Wildman–Crippen LogP) is 5.60. The summed E-state index contributed by atoms with van der Waals surface area (Å²) in [6.07, 6.45) is 0. The summed E-state index contributed by atoms with van der Waals surface area (Å²) in [5.74, 6) is 0.364. The zero-order valence-corrected chi connectivity index (χ0v) is 16.9. The number of rotatable bonds is 4. The molecule has 4 aromatic carbocycles. The minimum atomic E-state index is -3.93. The van der Waals surface area contributed by atoms with E-state index in [1.165, 1.54) is 12.1 Å². The molecule has 0 aliphatic rings. The summed E-state index contributed by atoms with van der Waals surface area (Å²) in [5.41, 5.74) is 3.54. The van der Waals surface area contributed by atoms with Crippen LogP contribution in [0.4, 0.5) is 0 Å². The van der Waals surface area contributed by atoms with Crippen molar-refractivity contribution in [3.63, 3.8) is 0 Å². The number of aromatic hydroxyl groups is 1. The van der Waals surface area contributed by atoms with Crippen molar-refractivity contribution in [1.82, 2.24) is 0 Å². The maximum Gasteiger partial charge on any atom is 0.339 e. The molecule has 0 saturated carbocycles. The lowest BCUT2D eigenvalue weighted by molar-refractivity contribution is 0.483. The molecule has 0 unspecified atom stereocenters. The van der Waals surface area contributed by atoms with Gasteiger partial charge in [-0.15, -0.1) is 0 Å². The van der Waals surface area contributed by atoms with Crippen LogP contribution >= 0.6 is 0 Å². The Morgan fingerprint density at radius 2 is 1.52 bits per heavy atom. The molecule has 0 saturated heterocycles. The van der Waals surface area contributed by atoms with Gasteiger partial charge in [0.25, 0.3) is 0 Å². The van der Waals surface area contributed by atoms with E-state index in [-0.39, 0.29) is 16.4 Å². The van der Waals surface area contributed by atoms with Gasteiger partial charge in [0.15, 0.2) is 0 Å². The molecule has 0 heterocycles. The molecule has 0 aliphatic carbocycles. The fraction of sp³-hybridized carbons (Fsp3) is 0.0833. The van der Waals surface area contributed by atoms with Crippen LogP contribution < -0.4 is 4.18 Å². The number of hydrogen-bond donors (Lipinski definition) is 1. The fourth-order valence-electron chi connectivity index (χ4n) is 3.40. The number of aryl methyl sites for hydroxylation is 2. The highest BCUT2D eigenvalue weighted by Gasteiger charge is 2.18. The van der Waals surface area contributed by atoms with Gasteiger partial charge in [-0.2, -0.15) is 8.42 Å². The van der Waals surface area contributed by atoms with Crippen LogP contribution in [0.3, 0.4) is 0 Å². The van der Waals surface area contributed by atoms with Crippen LogP contribution in [-0.2, 0) is 10.1 Å². The van der Waals surface area contributed by atoms with E-state index in [9.17, 15) is 13.5 Å². The number of hydrogen-bond acceptors (Lipinski definition) is 4. The molecular weight excluding hydrogens is 384 g/mol. The third-order valence-corrected chi connectivity index (χ3v) is 6.12. The Bertz CT molecular complexity index is 1290. The molecule has 0 aliphatic heterocycles. The van der Waals surface area contributed by atoms with Gasteiger partial charge in [-0.1, -0.05) is 54.1 Å². The van der Waals surface area contributed by atoms with Gasteiger partial charge >= 0.3 is 10.1 Å². The minimum Gasteiger partial charge on any atom is -0.507 e. The van der Waals surface area contributed by atoms with E-state index in [1.807, 2.05) is 50.2 Å². The normalized spacial score (nSPS) is 11.5. The van der Waals surface area contributed by atoms with E-state index in [0.29, 0.717) is 10.8 Å². The lowest BCUT2D eigenvalue weighted by Gasteiger charge is -2.13. The second-order valence-electron chi connectivity index (χ2n) is 7.02. The van der Waals surface area contributed by atoms with Crippen LogP contribution in [0.5, 0.6) is 11.5 Å². The Morgan fingerprint density at radius 3 is 2.21 bits per heavy atom. The molecule has 4 aromatic rings. The molecule has 0 aromatic heterocycles. The lowest BCUT2D eigenvalue weighted by Crippen LogP contribution is -2.09. The van der Waals surface area contributed by atoms with Crippen molar-refractivity contribution < 1.29 is 17.7 Å². The summed E-state index contributed by atoms with van der Waals surface area (Å²) in [5, 5.41) is 12.2. The summed E-state index contributed by atoms with van der Waals surface area (Å²) >= 11 is 0. The molecule has 0 radical (unpaired) electrons. The first kappa shape index (κ1) is 19.0. The smallest absolute Gasteiger partial charge is 0.339 e. The van der Waals surface area contributed by atoms with Crippen LogP contribution in [0.25, 0.3) is 21.9 Å². The predicted molar refractivity (Wildman–Crippen MR) is 115 cm³/mol. The minimum absolute atomic E-state index is 0.0988. The number of phenols is 1. The van der Waals surface area contributed by atoms with Crippen LogP contribution in [0.15, 0.2) is 83.8 Å². The summed E-state index contributed by atoms with van der Waals surface area (Å²) in [4.78, 5) is 0.0988. The zero-order valence-electron chi connectivity index (χ0n) is 16.1. The third-order valence-electron chi connectivity index (χ3n) is 4.86. The van der Waals surface area contributed by atoms with Crippen molar-refractivity contribution in [1.29, 1.82) is 0 Å². The Morgan fingerprint density at radius 1 is 0.828 bits per heavy atom. The molecule has 146 valence electrons. The van der Waals surface area contributed by atoms with E-state index in [1.54, 1.807) is 30.3 Å². The number of phenolic OH excluding ortho intramolecular Hbond substituents is 1. The summed E-state index contributed by atoms with van der Waals surface area (Å²) < 4.78 is 30.4. The van der Waals surface area contributed by atoms with Crippen molar-refractivity contribution in [2.45, 2.75) is 18.7 Å². The molecular formula is C24H20O4S. The lowest BCUT2D eigenvalue weighted by atomic mass is 9.95. The topological polar surface area (TPSA) is 63.6 Å². The fourth-order valence-corrected chi connectivity index (χ4v) is 4.33. The van der Waals surface area contributed by atoms with Gasteiger partial charge in [-0.05, 0) is 60.7 Å². The first-order chi connectivity index (χ1) is 13.8. The first-order valence-electron chi connectivity index (χ1n) is 9.18. The Kier molecular flexibility index (Phi) is 4.76. The standard InChI is InChI=1S/C24H20O4S/c1-16-8-11-21(12-9-16)29(26,27)28-20-10-13-22-19(15-20)14-17(2)23(24(22)25)18-6-4-3-5-7-18/h3-15,25H,1-2H3. The van der Waals surface area contributed by atoms with Crippen LogP contribution in [0, 0.1) is 13.8 Å². The molecule has 5 heteroatoms. The highest BCUT2D eigenvalue weighted by atomic mass is 32.2. The van der Waals surface area contributed by atoms with Crippen molar-refractivity contribution in [3.8, 4) is 22.6 Å². The van der Waals surface area contributed by atoms with Gasteiger partial charge < -0.3 is 9.29 Å². The SMILES string of the molecule is Cc1ccc(S(=O)(=O)Oc2ccc3c(O)c(-c4ccccc4)c(C)cc3c2)cc1. The molecule has 0 fully saturated rings. The van der Waals surface area contributed by atoms with Crippen LogP contribution in [-0.4, -0.2) is 13.5 Å². The van der Waals surface area contributed by atoms with E-state index in [4.69, 9.17) is 4.18 Å². The second-order valence-corrected chi connectivity index (χ2v) is 8.56. The van der Waals surface area contributed by atoms with E-state index >= 15 is 0 Å². The van der Waals surface area contributed by atoms with E-state index in [0.717, 1.165) is 22.3 Å². The van der Waals surface area contributed by atoms with Crippen molar-refractivity contribution in [2.75, 3.05) is 0 Å². The van der Waals surface area contributed by atoms with Crippen molar-refractivity contribution in [3.05, 3.63) is 90.0 Å². The number of fused-ring (bicyclic) bond motifs is 1. The van der Waals surface area contributed by atoms with E-state index in [2.05, 4.69) is 0 Å². The first-order valence-corrected chi connectivity index (χ1v) is 10.6. The molecule has 0 bridgehead atoms. The molecule has 0 spiro atoms. The summed E-state index contributed by atoms with van der Waals surface area (Å²) in [6, 6.07) is 22.9.